The number of hydrogen-bond acceptors (Lipinski definition) is 3. The van der Waals surface area contributed by atoms with Crippen LogP contribution < -0.4 is 4.74 Å². The Morgan fingerprint density at radius 3 is 2.38 bits per heavy atom. The molecule has 13 heavy (non-hydrogen) atoms. The van der Waals surface area contributed by atoms with Crippen LogP contribution in [0, 0.1) is 5.82 Å². The molecule has 0 aromatic heterocycles. The molecule has 0 radical (unpaired) electrons. The normalized spacial score (nSPS) is 12.2. The Bertz CT molecular complexity index is 338. The molecule has 0 unspecified atom stereocenters. The van der Waals surface area contributed by atoms with E-state index in [1.54, 1.807) is 0 Å². The molecule has 0 aliphatic heterocycles. The highest BCUT2D eigenvalue weighted by Gasteiger charge is 2.10. The summed E-state index contributed by atoms with van der Waals surface area (Å²) in [4.78, 5) is 10.6. The lowest BCUT2D eigenvalue weighted by Gasteiger charge is -1.99. The van der Waals surface area contributed by atoms with Gasteiger partial charge in [-0.3, -0.25) is 0 Å². The van der Waals surface area contributed by atoms with Crippen molar-refractivity contribution in [2.45, 2.75) is 0 Å². The summed E-state index contributed by atoms with van der Waals surface area (Å²) in [6.07, 6.45) is 0. The van der Waals surface area contributed by atoms with Gasteiger partial charge in [-0.2, -0.15) is 0 Å². The second-order valence-corrected chi connectivity index (χ2v) is 3.65. The lowest BCUT2D eigenvalue weighted by atomic mass is 10.3. The van der Waals surface area contributed by atoms with Gasteiger partial charge >= 0.3 is 5.30 Å². The molecule has 0 amide bonds. The standard InChI is InChI=1S/C7H4ClFO3S/c8-13(11)7(10)12-6-3-1-5(9)2-4-6/h1-4H/t13-/m0/s1. The van der Waals surface area contributed by atoms with Crippen molar-refractivity contribution in [3.8, 4) is 5.75 Å². The van der Waals surface area contributed by atoms with Crippen LogP contribution in [0.4, 0.5) is 9.18 Å². The zero-order valence-corrected chi connectivity index (χ0v) is 7.77. The first kappa shape index (κ1) is 10.1. The van der Waals surface area contributed by atoms with Gasteiger partial charge in [0.1, 0.15) is 11.6 Å². The molecule has 0 heterocycles. The fourth-order valence-electron chi connectivity index (χ4n) is 0.632. The van der Waals surface area contributed by atoms with E-state index in [1.165, 1.54) is 12.1 Å². The minimum absolute atomic E-state index is 0.0976. The molecule has 1 rings (SSSR count). The van der Waals surface area contributed by atoms with Crippen molar-refractivity contribution in [1.29, 1.82) is 0 Å². The Labute approximate surface area is 80.4 Å². The average molecular weight is 223 g/mol. The summed E-state index contributed by atoms with van der Waals surface area (Å²) in [6, 6.07) is 4.69. The summed E-state index contributed by atoms with van der Waals surface area (Å²) in [7, 11) is 2.73. The molecule has 0 fully saturated rings. The Hall–Kier alpha value is -0.940. The summed E-state index contributed by atoms with van der Waals surface area (Å²) < 4.78 is 27.2. The fourth-order valence-corrected chi connectivity index (χ4v) is 0.888. The van der Waals surface area contributed by atoms with Gasteiger partial charge in [-0.1, -0.05) is 0 Å². The first-order chi connectivity index (χ1) is 6.09. The van der Waals surface area contributed by atoms with Crippen LogP contribution in [0.2, 0.25) is 0 Å². The van der Waals surface area contributed by atoms with Gasteiger partial charge in [-0.15, -0.1) is 0 Å². The molecule has 0 bridgehead atoms. The number of carbonyl (C=O) groups is 1. The number of rotatable bonds is 1. The van der Waals surface area contributed by atoms with Gasteiger partial charge in [0.15, 0.2) is 0 Å². The van der Waals surface area contributed by atoms with Gasteiger partial charge in [0, 0.05) is 10.7 Å². The zero-order valence-electron chi connectivity index (χ0n) is 6.20. The minimum Gasteiger partial charge on any atom is -0.416 e. The van der Waals surface area contributed by atoms with Crippen molar-refractivity contribution in [2.24, 2.45) is 0 Å². The lowest BCUT2D eigenvalue weighted by Crippen LogP contribution is -2.07. The predicted octanol–water partition coefficient (Wildman–Crippen LogP) is 2.23. The third-order valence-corrected chi connectivity index (χ3v) is 1.87. The first-order valence-corrected chi connectivity index (χ1v) is 5.12. The molecular formula is C7H4ClFO3S. The monoisotopic (exact) mass is 222 g/mol. The topological polar surface area (TPSA) is 43.4 Å². The van der Waals surface area contributed by atoms with Crippen LogP contribution in [-0.2, 0) is 10.0 Å². The van der Waals surface area contributed by atoms with Gasteiger partial charge in [0.05, 0.1) is 0 Å². The third kappa shape index (κ3) is 3.12. The van der Waals surface area contributed by atoms with Gasteiger partial charge in [0.25, 0.3) is 0 Å². The fraction of sp³-hybridized carbons (Fsp3) is 0. The van der Waals surface area contributed by atoms with E-state index in [1.807, 2.05) is 0 Å². The average Bonchev–Trinajstić information content (AvgIpc) is 2.08. The van der Waals surface area contributed by atoms with E-state index < -0.39 is 21.1 Å². The number of hydrogen-bond donors (Lipinski definition) is 0. The third-order valence-electron chi connectivity index (χ3n) is 1.15. The maximum Gasteiger partial charge on any atom is 0.418 e. The molecule has 6 heteroatoms. The maximum absolute atomic E-state index is 12.4. The number of halogens is 2. The molecule has 0 saturated carbocycles. The lowest BCUT2D eigenvalue weighted by molar-refractivity contribution is 0.226. The SMILES string of the molecule is O=C(Oc1ccc(F)cc1)[S@](=O)Cl. The summed E-state index contributed by atoms with van der Waals surface area (Å²) >= 11 is 0. The summed E-state index contributed by atoms with van der Waals surface area (Å²) in [5.41, 5.74) is 0. The van der Waals surface area contributed by atoms with Crippen LogP contribution in [0.15, 0.2) is 24.3 Å². The zero-order chi connectivity index (χ0) is 9.84. The summed E-state index contributed by atoms with van der Waals surface area (Å²) in [5.74, 6) is -0.354. The molecule has 0 saturated heterocycles. The quantitative estimate of drug-likeness (QED) is 0.541. The van der Waals surface area contributed by atoms with Gasteiger partial charge in [-0.05, 0) is 24.3 Å². The predicted molar refractivity (Wildman–Crippen MR) is 46.4 cm³/mol. The molecule has 70 valence electrons. The largest absolute Gasteiger partial charge is 0.418 e. The van der Waals surface area contributed by atoms with E-state index in [-0.39, 0.29) is 5.75 Å². The molecule has 0 N–H and O–H groups in total. The highest BCUT2D eigenvalue weighted by atomic mass is 35.7. The van der Waals surface area contributed by atoms with E-state index in [0.717, 1.165) is 12.1 Å². The van der Waals surface area contributed by atoms with Crippen molar-refractivity contribution < 1.29 is 18.1 Å². The molecule has 0 aliphatic rings. The highest BCUT2D eigenvalue weighted by Crippen LogP contribution is 2.12. The molecule has 0 spiro atoms. The van der Waals surface area contributed by atoms with E-state index in [9.17, 15) is 13.4 Å². The Kier molecular flexibility index (Phi) is 3.39. The summed E-state index contributed by atoms with van der Waals surface area (Å²) in [6.45, 7) is 0. The Balaban J connectivity index is 2.70. The van der Waals surface area contributed by atoms with Crippen molar-refractivity contribution in [3.63, 3.8) is 0 Å². The van der Waals surface area contributed by atoms with Crippen molar-refractivity contribution in [3.05, 3.63) is 30.1 Å². The molecule has 0 aliphatic carbocycles. The van der Waals surface area contributed by atoms with Gasteiger partial charge in [0.2, 0.25) is 10.0 Å². The van der Waals surface area contributed by atoms with Crippen LogP contribution in [0.1, 0.15) is 0 Å². The second-order valence-electron chi connectivity index (χ2n) is 2.03. The van der Waals surface area contributed by atoms with Crippen LogP contribution >= 0.6 is 10.7 Å². The Morgan fingerprint density at radius 2 is 1.92 bits per heavy atom. The Morgan fingerprint density at radius 1 is 1.38 bits per heavy atom. The maximum atomic E-state index is 12.4. The first-order valence-electron chi connectivity index (χ1n) is 3.15. The molecular weight excluding hydrogens is 219 g/mol. The molecule has 1 aromatic rings. The van der Waals surface area contributed by atoms with E-state index in [0.29, 0.717) is 0 Å². The van der Waals surface area contributed by atoms with E-state index in [4.69, 9.17) is 10.7 Å². The second kappa shape index (κ2) is 4.34. The van der Waals surface area contributed by atoms with Crippen LogP contribution in [-0.4, -0.2) is 9.51 Å². The van der Waals surface area contributed by atoms with Crippen LogP contribution in [0.25, 0.3) is 0 Å². The molecule has 1 aromatic carbocycles. The van der Waals surface area contributed by atoms with Crippen molar-refractivity contribution >= 4 is 26.0 Å². The van der Waals surface area contributed by atoms with Gasteiger partial charge < -0.3 is 4.74 Å². The van der Waals surface area contributed by atoms with Crippen LogP contribution in [0.3, 0.4) is 0 Å². The van der Waals surface area contributed by atoms with E-state index >= 15 is 0 Å². The summed E-state index contributed by atoms with van der Waals surface area (Å²) in [5, 5.41) is -1.08. The number of carbonyl (C=O) groups excluding carboxylic acids is 1. The van der Waals surface area contributed by atoms with Crippen molar-refractivity contribution in [1.82, 2.24) is 0 Å². The number of benzene rings is 1. The van der Waals surface area contributed by atoms with Crippen molar-refractivity contribution in [2.75, 3.05) is 0 Å². The minimum atomic E-state index is -2.20. The van der Waals surface area contributed by atoms with E-state index in [2.05, 4.69) is 4.74 Å². The van der Waals surface area contributed by atoms with Crippen LogP contribution in [0.5, 0.6) is 5.75 Å². The van der Waals surface area contributed by atoms with Gasteiger partial charge in [-0.25, -0.2) is 13.4 Å². The molecule has 3 nitrogen and oxygen atoms in total. The highest BCUT2D eigenvalue weighted by molar-refractivity contribution is 8.20. The number of ether oxygens (including phenoxy) is 1. The molecule has 1 atom stereocenters. The smallest absolute Gasteiger partial charge is 0.416 e.